The quantitative estimate of drug-likeness (QED) is 0.0591. The lowest BCUT2D eigenvalue weighted by atomic mass is 9.88. The second kappa shape index (κ2) is 19.9. The van der Waals surface area contributed by atoms with Gasteiger partial charge in [0.15, 0.2) is 12.6 Å². The van der Waals surface area contributed by atoms with Gasteiger partial charge in [0, 0.05) is 25.2 Å². The summed E-state index contributed by atoms with van der Waals surface area (Å²) < 4.78 is 16.9. The fourth-order valence-corrected chi connectivity index (χ4v) is 5.46. The standard InChI is InChI=1S/C29H49N5O16/c1-11(37)3-5-14(32-25(44)13(30)4-7-18(38)39)26(45)33-15(6-8-19(40)41)27(46)34-21-12(2)24(17(10-36)48-28(21)47)50-29-20(31)23(43)22(42)16(9-35)49-29/h12-17,20-24,28-29,35-36,42-43,47H,3-10,30-31H2,1-2H3,(H,32,44)(H,33,45)(H,34,46)(H,38,39)(H,40,41)/t12-,13+,14+,15+,16?,17?,20?,21?,22-,23-,24+,28-,29+/m1/s1. The summed E-state index contributed by atoms with van der Waals surface area (Å²) in [6, 6.07) is -7.01. The molecule has 13 atom stereocenters. The van der Waals surface area contributed by atoms with E-state index in [4.69, 9.17) is 30.8 Å². The highest BCUT2D eigenvalue weighted by Crippen LogP contribution is 2.31. The van der Waals surface area contributed by atoms with Crippen molar-refractivity contribution in [3.05, 3.63) is 0 Å². The molecule has 21 nitrogen and oxygen atoms in total. The van der Waals surface area contributed by atoms with Crippen molar-refractivity contribution in [3.63, 3.8) is 0 Å². The second-order valence-electron chi connectivity index (χ2n) is 12.4. The van der Waals surface area contributed by atoms with Crippen LogP contribution in [0.1, 0.15) is 52.4 Å². The van der Waals surface area contributed by atoms with Gasteiger partial charge in [-0.2, -0.15) is 0 Å². The predicted molar refractivity (Wildman–Crippen MR) is 165 cm³/mol. The molecule has 2 aliphatic rings. The van der Waals surface area contributed by atoms with Crippen LogP contribution >= 0.6 is 0 Å². The number of carbonyl (C=O) groups is 6. The third-order valence-electron chi connectivity index (χ3n) is 8.48. The zero-order valence-corrected chi connectivity index (χ0v) is 27.6. The molecule has 2 heterocycles. The van der Waals surface area contributed by atoms with Gasteiger partial charge < -0.3 is 82.2 Å². The number of hydrogen-bond acceptors (Lipinski definition) is 16. The zero-order valence-electron chi connectivity index (χ0n) is 27.6. The van der Waals surface area contributed by atoms with Gasteiger partial charge in [0.05, 0.1) is 37.4 Å². The maximum Gasteiger partial charge on any atom is 0.303 e. The van der Waals surface area contributed by atoms with Gasteiger partial charge >= 0.3 is 11.9 Å². The molecule has 0 radical (unpaired) electrons. The Hall–Kier alpha value is -3.38. The van der Waals surface area contributed by atoms with Gasteiger partial charge in [-0.1, -0.05) is 6.92 Å². The Bertz CT molecular complexity index is 1190. The number of nitrogens with one attached hydrogen (secondary N) is 3. The number of aliphatic hydroxyl groups is 5. The summed E-state index contributed by atoms with van der Waals surface area (Å²) >= 11 is 0. The molecule has 2 saturated heterocycles. The lowest BCUT2D eigenvalue weighted by Crippen LogP contribution is -2.67. The van der Waals surface area contributed by atoms with Crippen molar-refractivity contribution in [2.24, 2.45) is 17.4 Å². The lowest BCUT2D eigenvalue weighted by molar-refractivity contribution is -0.318. The summed E-state index contributed by atoms with van der Waals surface area (Å²) in [5, 5.41) is 76.0. The molecule has 0 bridgehead atoms. The van der Waals surface area contributed by atoms with Crippen LogP contribution in [-0.4, -0.2) is 158 Å². The number of nitrogens with two attached hydrogens (primary N) is 2. The van der Waals surface area contributed by atoms with Gasteiger partial charge in [-0.15, -0.1) is 0 Å². The Morgan fingerprint density at radius 3 is 1.88 bits per heavy atom. The average molecular weight is 724 g/mol. The van der Waals surface area contributed by atoms with Gasteiger partial charge in [0.2, 0.25) is 17.7 Å². The summed E-state index contributed by atoms with van der Waals surface area (Å²) in [6.07, 6.45) is -12.3. The Morgan fingerprint density at radius 1 is 0.780 bits per heavy atom. The van der Waals surface area contributed by atoms with Crippen LogP contribution in [0.5, 0.6) is 0 Å². The first-order valence-electron chi connectivity index (χ1n) is 16.0. The third-order valence-corrected chi connectivity index (χ3v) is 8.48. The number of Topliss-reactive ketones (excluding diaryl/α,β-unsaturated/α-hetero) is 1. The zero-order chi connectivity index (χ0) is 37.9. The molecule has 2 aliphatic heterocycles. The van der Waals surface area contributed by atoms with Crippen LogP contribution in [0.15, 0.2) is 0 Å². The van der Waals surface area contributed by atoms with Crippen LogP contribution in [0, 0.1) is 5.92 Å². The molecular formula is C29H49N5O16. The summed E-state index contributed by atoms with van der Waals surface area (Å²) in [5.74, 6) is -6.71. The minimum atomic E-state index is -1.77. The molecule has 14 N–H and O–H groups in total. The molecule has 0 saturated carbocycles. The molecule has 3 amide bonds. The number of hydrogen-bond donors (Lipinski definition) is 12. The van der Waals surface area contributed by atoms with Crippen LogP contribution in [0.3, 0.4) is 0 Å². The summed E-state index contributed by atoms with van der Waals surface area (Å²) in [5.41, 5.74) is 11.7. The molecule has 0 aliphatic carbocycles. The molecule has 2 fully saturated rings. The van der Waals surface area contributed by atoms with Crippen molar-refractivity contribution in [2.75, 3.05) is 13.2 Å². The number of amides is 3. The first kappa shape index (κ1) is 42.8. The molecule has 0 aromatic heterocycles. The van der Waals surface area contributed by atoms with E-state index in [2.05, 4.69) is 16.0 Å². The van der Waals surface area contributed by atoms with E-state index in [1.807, 2.05) is 0 Å². The maximum atomic E-state index is 13.6. The number of ketones is 1. The van der Waals surface area contributed by atoms with E-state index < -0.39 is 141 Å². The molecule has 50 heavy (non-hydrogen) atoms. The molecule has 21 heteroatoms. The highest BCUT2D eigenvalue weighted by atomic mass is 16.7. The van der Waals surface area contributed by atoms with Crippen molar-refractivity contribution in [1.29, 1.82) is 0 Å². The van der Waals surface area contributed by atoms with Gasteiger partial charge in [0.1, 0.15) is 42.3 Å². The van der Waals surface area contributed by atoms with Crippen LogP contribution in [0.25, 0.3) is 0 Å². The van der Waals surface area contributed by atoms with Crippen LogP contribution < -0.4 is 27.4 Å². The van der Waals surface area contributed by atoms with Gasteiger partial charge in [0.25, 0.3) is 0 Å². The van der Waals surface area contributed by atoms with E-state index in [1.165, 1.54) is 13.8 Å². The minimum absolute atomic E-state index is 0.186. The Balaban J connectivity index is 2.26. The number of carbonyl (C=O) groups excluding carboxylic acids is 4. The molecule has 0 aromatic carbocycles. The van der Waals surface area contributed by atoms with Gasteiger partial charge in [-0.05, 0) is 26.2 Å². The van der Waals surface area contributed by atoms with Crippen LogP contribution in [0.4, 0.5) is 0 Å². The molecule has 286 valence electrons. The first-order chi connectivity index (χ1) is 23.4. The van der Waals surface area contributed by atoms with Crippen molar-refractivity contribution in [1.82, 2.24) is 16.0 Å². The molecule has 2 rings (SSSR count). The van der Waals surface area contributed by atoms with E-state index in [0.717, 1.165) is 0 Å². The van der Waals surface area contributed by atoms with Crippen LogP contribution in [-0.2, 0) is 43.0 Å². The normalized spacial score (nSPS) is 31.5. The molecule has 0 spiro atoms. The molecule has 4 unspecified atom stereocenters. The summed E-state index contributed by atoms with van der Waals surface area (Å²) in [7, 11) is 0. The van der Waals surface area contributed by atoms with Crippen LogP contribution in [0.2, 0.25) is 0 Å². The Kier molecular flexibility index (Phi) is 17.0. The Labute approximate surface area is 286 Å². The van der Waals surface area contributed by atoms with Crippen molar-refractivity contribution in [2.45, 2.75) is 126 Å². The second-order valence-corrected chi connectivity index (χ2v) is 12.4. The minimum Gasteiger partial charge on any atom is -0.481 e. The number of aliphatic hydroxyl groups excluding tert-OH is 5. The van der Waals surface area contributed by atoms with E-state index in [-0.39, 0.29) is 25.0 Å². The highest BCUT2D eigenvalue weighted by Gasteiger charge is 2.49. The molecule has 0 aromatic rings. The van der Waals surface area contributed by atoms with Crippen molar-refractivity contribution in [3.8, 4) is 0 Å². The topological polar surface area (TPSA) is 360 Å². The van der Waals surface area contributed by atoms with E-state index in [1.54, 1.807) is 0 Å². The monoisotopic (exact) mass is 723 g/mol. The summed E-state index contributed by atoms with van der Waals surface area (Å²) in [4.78, 5) is 73.4. The smallest absolute Gasteiger partial charge is 0.303 e. The lowest BCUT2D eigenvalue weighted by Gasteiger charge is -2.47. The fourth-order valence-electron chi connectivity index (χ4n) is 5.46. The van der Waals surface area contributed by atoms with Crippen molar-refractivity contribution < 1.29 is 78.7 Å². The average Bonchev–Trinajstić information content (AvgIpc) is 3.05. The van der Waals surface area contributed by atoms with E-state index in [0.29, 0.717) is 0 Å². The number of carboxylic acids is 2. The third kappa shape index (κ3) is 12.1. The first-order valence-corrected chi connectivity index (χ1v) is 16.0. The number of aliphatic carboxylic acids is 2. The van der Waals surface area contributed by atoms with Gasteiger partial charge in [-0.25, -0.2) is 0 Å². The SMILES string of the molecule is CC(=O)CC[C@H](NC(=O)[C@@H](N)CCC(=O)O)C(=O)N[C@@H](CCC(=O)O)C(=O)NC1[C@H](O)OC(CO)[C@@H](O[C@@H]2OC(CO)[C@@H](O)[C@H](O)C2N)[C@@H]1C. The molecular weight excluding hydrogens is 674 g/mol. The highest BCUT2D eigenvalue weighted by molar-refractivity contribution is 5.93. The number of rotatable bonds is 19. The maximum absolute atomic E-state index is 13.6. The van der Waals surface area contributed by atoms with Crippen molar-refractivity contribution >= 4 is 35.4 Å². The summed E-state index contributed by atoms with van der Waals surface area (Å²) in [6.45, 7) is 1.32. The van der Waals surface area contributed by atoms with Gasteiger partial charge in [-0.3, -0.25) is 24.0 Å². The largest absolute Gasteiger partial charge is 0.481 e. The predicted octanol–water partition coefficient (Wildman–Crippen LogP) is -5.64. The fraction of sp³-hybridized carbons (Fsp3) is 0.793. The number of ether oxygens (including phenoxy) is 3. The van der Waals surface area contributed by atoms with E-state index in [9.17, 15) is 59.4 Å². The Morgan fingerprint density at radius 2 is 1.32 bits per heavy atom. The van der Waals surface area contributed by atoms with E-state index >= 15 is 0 Å². The number of carboxylic acid groups (broad SMARTS) is 2.